The van der Waals surface area contributed by atoms with Crippen molar-refractivity contribution >= 4 is 11.5 Å². The number of nitrogens with one attached hydrogen (secondary N) is 1. The highest BCUT2D eigenvalue weighted by Gasteiger charge is 2.25. The Balaban J connectivity index is 1.14. The van der Waals surface area contributed by atoms with Crippen LogP contribution in [0.5, 0.6) is 0 Å². The summed E-state index contributed by atoms with van der Waals surface area (Å²) in [6.45, 7) is 0. The lowest BCUT2D eigenvalue weighted by Crippen LogP contribution is -2.32. The molecule has 0 radical (unpaired) electrons. The number of benzene rings is 8. The van der Waals surface area contributed by atoms with Gasteiger partial charge in [0.2, 0.25) is 0 Å². The van der Waals surface area contributed by atoms with Gasteiger partial charge in [-0.3, -0.25) is 0 Å². The Morgan fingerprint density at radius 2 is 0.724 bits per heavy atom. The summed E-state index contributed by atoms with van der Waals surface area (Å²) in [5, 5.41) is 3.88. The summed E-state index contributed by atoms with van der Waals surface area (Å²) < 4.78 is 0. The maximum Gasteiger partial charge on any atom is 0.134 e. The van der Waals surface area contributed by atoms with Gasteiger partial charge >= 0.3 is 0 Å². The van der Waals surface area contributed by atoms with Crippen LogP contribution in [0.4, 0.5) is 5.69 Å². The van der Waals surface area contributed by atoms with Gasteiger partial charge < -0.3 is 5.32 Å². The number of hydrogen-bond donors (Lipinski definition) is 1. The van der Waals surface area contributed by atoms with Crippen LogP contribution >= 0.6 is 0 Å². The first-order valence-corrected chi connectivity index (χ1v) is 19.8. The Kier molecular flexibility index (Phi) is 9.30. The van der Waals surface area contributed by atoms with E-state index in [2.05, 4.69) is 224 Å². The van der Waals surface area contributed by atoms with Gasteiger partial charge in [0.05, 0.1) is 23.1 Å². The van der Waals surface area contributed by atoms with E-state index in [0.29, 0.717) is 0 Å². The van der Waals surface area contributed by atoms with E-state index in [1.807, 2.05) is 6.07 Å². The largest absolute Gasteiger partial charge is 0.359 e. The van der Waals surface area contributed by atoms with Crippen molar-refractivity contribution in [2.75, 3.05) is 0 Å². The highest BCUT2D eigenvalue weighted by atomic mass is 15.1. The highest BCUT2D eigenvalue weighted by Crippen LogP contribution is 2.39. The van der Waals surface area contributed by atoms with E-state index >= 15 is 0 Å². The SMILES string of the molecule is c1ccc(-c2ccc(-c3cc(-c4ccccc4)nc(-c4cc(C5=Nc6cc(-c7ccccc7)ccc6C(c6ccccc6)N5)cc(-c5ccccc5)c4)c3)cc2)cc1. The summed E-state index contributed by atoms with van der Waals surface area (Å²) in [7, 11) is 0. The lowest BCUT2D eigenvalue weighted by Gasteiger charge is -2.28. The number of aliphatic imine (C=N–C) groups is 1. The molecule has 1 N–H and O–H groups in total. The smallest absolute Gasteiger partial charge is 0.134 e. The zero-order valence-corrected chi connectivity index (χ0v) is 31.8. The van der Waals surface area contributed by atoms with Gasteiger partial charge in [0.25, 0.3) is 0 Å². The van der Waals surface area contributed by atoms with Crippen molar-refractivity contribution in [3.05, 3.63) is 241 Å². The van der Waals surface area contributed by atoms with E-state index in [1.165, 1.54) is 22.3 Å². The second-order valence-electron chi connectivity index (χ2n) is 14.7. The molecule has 0 fully saturated rings. The molecule has 8 aromatic carbocycles. The fraction of sp³-hybridized carbons (Fsp3) is 0.0182. The van der Waals surface area contributed by atoms with Crippen molar-refractivity contribution in [2.45, 2.75) is 6.04 Å². The van der Waals surface area contributed by atoms with Gasteiger partial charge in [-0.2, -0.15) is 0 Å². The Morgan fingerprint density at radius 3 is 1.33 bits per heavy atom. The number of aromatic nitrogens is 1. The molecule has 0 spiro atoms. The van der Waals surface area contributed by atoms with Crippen LogP contribution in [0.25, 0.3) is 67.0 Å². The fourth-order valence-corrected chi connectivity index (χ4v) is 7.92. The van der Waals surface area contributed by atoms with Gasteiger partial charge in [-0.1, -0.05) is 188 Å². The maximum atomic E-state index is 5.40. The van der Waals surface area contributed by atoms with Crippen LogP contribution in [0.15, 0.2) is 229 Å². The van der Waals surface area contributed by atoms with Crippen LogP contribution in [0.3, 0.4) is 0 Å². The molecule has 3 heteroatoms. The topological polar surface area (TPSA) is 37.3 Å². The van der Waals surface area contributed by atoms with Crippen molar-refractivity contribution in [2.24, 2.45) is 4.99 Å². The van der Waals surface area contributed by atoms with Gasteiger partial charge in [0.1, 0.15) is 5.84 Å². The van der Waals surface area contributed by atoms with E-state index in [4.69, 9.17) is 9.98 Å². The molecule has 9 aromatic rings. The van der Waals surface area contributed by atoms with Crippen molar-refractivity contribution in [3.8, 4) is 67.0 Å². The average Bonchev–Trinajstić information content (AvgIpc) is 3.32. The molecule has 1 atom stereocenters. The highest BCUT2D eigenvalue weighted by molar-refractivity contribution is 6.04. The predicted molar refractivity (Wildman–Crippen MR) is 241 cm³/mol. The number of amidine groups is 1. The zero-order valence-electron chi connectivity index (χ0n) is 31.8. The summed E-state index contributed by atoms with van der Waals surface area (Å²) in [4.78, 5) is 10.8. The minimum absolute atomic E-state index is 0.0812. The molecule has 0 bridgehead atoms. The molecule has 58 heavy (non-hydrogen) atoms. The van der Waals surface area contributed by atoms with Gasteiger partial charge in [-0.15, -0.1) is 0 Å². The third kappa shape index (κ3) is 7.13. The van der Waals surface area contributed by atoms with E-state index in [9.17, 15) is 0 Å². The van der Waals surface area contributed by atoms with Gasteiger partial charge in [0, 0.05) is 22.3 Å². The minimum Gasteiger partial charge on any atom is -0.359 e. The average molecular weight is 742 g/mol. The summed E-state index contributed by atoms with van der Waals surface area (Å²) in [5.41, 5.74) is 17.3. The van der Waals surface area contributed by atoms with E-state index in [0.717, 1.165) is 73.0 Å². The van der Waals surface area contributed by atoms with Crippen LogP contribution in [0.1, 0.15) is 22.7 Å². The quantitative estimate of drug-likeness (QED) is 0.168. The van der Waals surface area contributed by atoms with Crippen LogP contribution < -0.4 is 5.32 Å². The molecule has 1 aliphatic heterocycles. The van der Waals surface area contributed by atoms with Crippen molar-refractivity contribution in [1.29, 1.82) is 0 Å². The molecule has 1 aliphatic rings. The first kappa shape index (κ1) is 34.8. The van der Waals surface area contributed by atoms with E-state index < -0.39 is 0 Å². The maximum absolute atomic E-state index is 5.40. The standard InChI is InChI=1S/C55H39N3/c1-6-16-38(17-7-1)41-26-28-42(29-27-41)47-36-51(43-22-12-4-13-23-43)56-52(37-47)48-32-46(40-20-10-3-11-21-40)33-49(34-48)55-57-53-35-45(39-18-8-2-9-19-39)30-31-50(53)54(58-55)44-24-14-5-15-25-44/h1-37,54H,(H,57,58). The minimum atomic E-state index is -0.0812. The first-order chi connectivity index (χ1) is 28.7. The number of nitrogens with zero attached hydrogens (tertiary/aromatic N) is 2. The second-order valence-corrected chi connectivity index (χ2v) is 14.7. The predicted octanol–water partition coefficient (Wildman–Crippen LogP) is 13.9. The van der Waals surface area contributed by atoms with E-state index in [1.54, 1.807) is 0 Å². The zero-order chi connectivity index (χ0) is 38.7. The first-order valence-electron chi connectivity index (χ1n) is 19.8. The molecule has 3 nitrogen and oxygen atoms in total. The van der Waals surface area contributed by atoms with E-state index in [-0.39, 0.29) is 6.04 Å². The summed E-state index contributed by atoms with van der Waals surface area (Å²) in [5.74, 6) is 0.821. The molecule has 2 heterocycles. The molecule has 274 valence electrons. The van der Waals surface area contributed by atoms with Crippen molar-refractivity contribution < 1.29 is 0 Å². The van der Waals surface area contributed by atoms with Crippen molar-refractivity contribution in [1.82, 2.24) is 10.3 Å². The number of hydrogen-bond acceptors (Lipinski definition) is 3. The molecule has 0 saturated heterocycles. The summed E-state index contributed by atoms with van der Waals surface area (Å²) in [6.07, 6.45) is 0. The van der Waals surface area contributed by atoms with Crippen molar-refractivity contribution in [3.63, 3.8) is 0 Å². The fourth-order valence-electron chi connectivity index (χ4n) is 7.92. The van der Waals surface area contributed by atoms with Crippen LogP contribution in [-0.4, -0.2) is 10.8 Å². The molecule has 0 saturated carbocycles. The number of pyridine rings is 1. The van der Waals surface area contributed by atoms with Gasteiger partial charge in [0.15, 0.2) is 0 Å². The lowest BCUT2D eigenvalue weighted by molar-refractivity contribution is 0.749. The molecule has 1 aromatic heterocycles. The number of fused-ring (bicyclic) bond motifs is 1. The molecule has 0 amide bonds. The third-order valence-corrected chi connectivity index (χ3v) is 10.9. The molecule has 10 rings (SSSR count). The molecular weight excluding hydrogens is 703 g/mol. The Labute approximate surface area is 339 Å². The Hall–Kier alpha value is -7.62. The summed E-state index contributed by atoms with van der Waals surface area (Å²) >= 11 is 0. The lowest BCUT2D eigenvalue weighted by atomic mass is 9.91. The van der Waals surface area contributed by atoms with Crippen LogP contribution in [0.2, 0.25) is 0 Å². The second kappa shape index (κ2) is 15.5. The Morgan fingerprint density at radius 1 is 0.310 bits per heavy atom. The van der Waals surface area contributed by atoms with Crippen LogP contribution in [-0.2, 0) is 0 Å². The Bertz CT molecular complexity index is 2870. The number of rotatable bonds is 8. The normalized spacial score (nSPS) is 13.2. The monoisotopic (exact) mass is 741 g/mol. The van der Waals surface area contributed by atoms with Gasteiger partial charge in [-0.05, 0) is 86.5 Å². The molecule has 0 aliphatic carbocycles. The third-order valence-electron chi connectivity index (χ3n) is 10.9. The molecular formula is C55H39N3. The molecule has 1 unspecified atom stereocenters. The van der Waals surface area contributed by atoms with Crippen LogP contribution in [0, 0.1) is 0 Å². The summed E-state index contributed by atoms with van der Waals surface area (Å²) in [6, 6.07) is 79.4. The van der Waals surface area contributed by atoms with Gasteiger partial charge in [-0.25, -0.2) is 9.98 Å².